The molecular formula is C27H40N2O8. The Morgan fingerprint density at radius 3 is 2.38 bits per heavy atom. The van der Waals surface area contributed by atoms with Gasteiger partial charge in [0.05, 0.1) is 19.8 Å². The molecule has 0 spiro atoms. The van der Waals surface area contributed by atoms with Gasteiger partial charge in [-0.15, -0.1) is 0 Å². The van der Waals surface area contributed by atoms with Gasteiger partial charge in [0, 0.05) is 30.4 Å². The Hall–Kier alpha value is -2.78. The summed E-state index contributed by atoms with van der Waals surface area (Å²) in [4.78, 5) is 61.0. The molecule has 0 bridgehead atoms. The number of esters is 3. The topological polar surface area (TPSA) is 137 Å². The minimum absolute atomic E-state index is 0.0205. The highest BCUT2D eigenvalue weighted by Crippen LogP contribution is 2.49. The first-order valence-electron chi connectivity index (χ1n) is 13.4. The first kappa shape index (κ1) is 28.8. The van der Waals surface area contributed by atoms with Crippen molar-refractivity contribution in [2.45, 2.75) is 79.1 Å². The molecule has 0 aromatic carbocycles. The van der Waals surface area contributed by atoms with E-state index in [0.717, 1.165) is 37.8 Å². The van der Waals surface area contributed by atoms with Crippen LogP contribution in [-0.4, -0.2) is 55.1 Å². The van der Waals surface area contributed by atoms with Crippen LogP contribution in [0, 0.1) is 35.0 Å². The second-order valence-electron chi connectivity index (χ2n) is 11.1. The van der Waals surface area contributed by atoms with Crippen LogP contribution in [0.2, 0.25) is 0 Å². The minimum atomic E-state index is -1.19. The van der Waals surface area contributed by atoms with Crippen LogP contribution in [-0.2, 0) is 38.2 Å². The van der Waals surface area contributed by atoms with Crippen LogP contribution >= 0.6 is 0 Å². The molecule has 0 saturated heterocycles. The van der Waals surface area contributed by atoms with E-state index in [-0.39, 0.29) is 49.3 Å². The molecule has 1 heterocycles. The molecule has 1 aliphatic heterocycles. The number of amides is 1. The summed E-state index contributed by atoms with van der Waals surface area (Å²) in [7, 11) is 0. The molecule has 4 unspecified atom stereocenters. The maximum atomic E-state index is 12.6. The fourth-order valence-corrected chi connectivity index (χ4v) is 5.02. The molecule has 2 aliphatic carbocycles. The van der Waals surface area contributed by atoms with Crippen molar-refractivity contribution in [2.24, 2.45) is 40.1 Å². The number of nitrogens with one attached hydrogen (secondary N) is 1. The van der Waals surface area contributed by atoms with Gasteiger partial charge in [-0.05, 0) is 63.7 Å². The van der Waals surface area contributed by atoms with Crippen LogP contribution < -0.4 is 5.43 Å². The van der Waals surface area contributed by atoms with Gasteiger partial charge in [0.2, 0.25) is 0 Å². The van der Waals surface area contributed by atoms with Gasteiger partial charge in [0.15, 0.2) is 5.92 Å². The normalized spacial score (nSPS) is 23.8. The van der Waals surface area contributed by atoms with Gasteiger partial charge in [0.25, 0.3) is 5.91 Å². The molecule has 0 aromatic rings. The largest absolute Gasteiger partial charge is 0.465 e. The van der Waals surface area contributed by atoms with Crippen molar-refractivity contribution in [1.29, 1.82) is 0 Å². The summed E-state index contributed by atoms with van der Waals surface area (Å²) >= 11 is 0. The van der Waals surface area contributed by atoms with Gasteiger partial charge in [-0.3, -0.25) is 24.0 Å². The first-order chi connectivity index (χ1) is 17.6. The number of rotatable bonds is 15. The Kier molecular flexibility index (Phi) is 9.84. The molecule has 3 rings (SSSR count). The van der Waals surface area contributed by atoms with E-state index in [0.29, 0.717) is 18.8 Å². The lowest BCUT2D eigenvalue weighted by molar-refractivity contribution is -0.163. The van der Waals surface area contributed by atoms with Crippen molar-refractivity contribution in [3.8, 4) is 0 Å². The molecule has 1 N–H and O–H groups in total. The summed E-state index contributed by atoms with van der Waals surface area (Å²) in [6.07, 6.45) is 5.10. The SMILES string of the molecule is CCOC(=O)C1CC(C2CC2CC(C)(C)CCCOC(=O)C(CC(=O)C2CC2)C(=O)OCC)=NNC1=O. The molecule has 4 atom stereocenters. The molecule has 1 amide bonds. The number of hydrazone groups is 1. The number of hydrogen-bond donors (Lipinski definition) is 1. The highest BCUT2D eigenvalue weighted by molar-refractivity contribution is 6.06. The Morgan fingerprint density at radius 2 is 1.73 bits per heavy atom. The summed E-state index contributed by atoms with van der Waals surface area (Å²) in [5.74, 6) is -3.82. The molecule has 3 aliphatic rings. The second kappa shape index (κ2) is 12.6. The van der Waals surface area contributed by atoms with Gasteiger partial charge in [-0.25, -0.2) is 5.43 Å². The lowest BCUT2D eigenvalue weighted by atomic mass is 9.81. The third-order valence-corrected chi connectivity index (χ3v) is 7.31. The lowest BCUT2D eigenvalue weighted by Crippen LogP contribution is -2.40. The number of Topliss-reactive ketones (excluding diaryl/α,β-unsaturated/α-hetero) is 1. The Bertz CT molecular complexity index is 923. The highest BCUT2D eigenvalue weighted by atomic mass is 16.6. The Labute approximate surface area is 218 Å². The zero-order valence-corrected chi connectivity index (χ0v) is 22.4. The zero-order chi connectivity index (χ0) is 27.2. The molecule has 0 aromatic heterocycles. The number of ketones is 1. The van der Waals surface area contributed by atoms with Crippen LogP contribution in [0.3, 0.4) is 0 Å². The van der Waals surface area contributed by atoms with E-state index in [1.165, 1.54) is 0 Å². The van der Waals surface area contributed by atoms with Gasteiger partial charge in [-0.1, -0.05) is 13.8 Å². The number of carbonyl (C=O) groups excluding carboxylic acids is 5. The molecule has 2 fully saturated rings. The zero-order valence-electron chi connectivity index (χ0n) is 22.4. The number of hydrogen-bond acceptors (Lipinski definition) is 9. The van der Waals surface area contributed by atoms with Gasteiger partial charge in [-0.2, -0.15) is 5.10 Å². The van der Waals surface area contributed by atoms with Gasteiger partial charge in [0.1, 0.15) is 11.7 Å². The smallest absolute Gasteiger partial charge is 0.320 e. The van der Waals surface area contributed by atoms with Crippen LogP contribution in [0.1, 0.15) is 79.1 Å². The van der Waals surface area contributed by atoms with E-state index < -0.39 is 35.7 Å². The molecule has 206 valence electrons. The summed E-state index contributed by atoms with van der Waals surface area (Å²) in [5, 5.41) is 4.21. The van der Waals surface area contributed by atoms with E-state index in [9.17, 15) is 24.0 Å². The predicted octanol–water partition coefficient (Wildman–Crippen LogP) is 2.97. The van der Waals surface area contributed by atoms with Crippen molar-refractivity contribution >= 4 is 35.3 Å². The van der Waals surface area contributed by atoms with Crippen LogP contribution in [0.25, 0.3) is 0 Å². The number of carbonyl (C=O) groups is 5. The first-order valence-corrected chi connectivity index (χ1v) is 13.4. The molecule has 10 heteroatoms. The number of ether oxygens (including phenoxy) is 3. The monoisotopic (exact) mass is 520 g/mol. The Balaban J connectivity index is 1.41. The molecule has 0 radical (unpaired) electrons. The quantitative estimate of drug-likeness (QED) is 0.151. The minimum Gasteiger partial charge on any atom is -0.465 e. The second-order valence-corrected chi connectivity index (χ2v) is 11.1. The molecule has 10 nitrogen and oxygen atoms in total. The summed E-state index contributed by atoms with van der Waals surface area (Å²) in [6.45, 7) is 8.22. The molecular weight excluding hydrogens is 480 g/mol. The summed E-state index contributed by atoms with van der Waals surface area (Å²) in [6, 6.07) is 0. The van der Waals surface area contributed by atoms with Crippen molar-refractivity contribution in [2.75, 3.05) is 19.8 Å². The van der Waals surface area contributed by atoms with E-state index in [1.54, 1.807) is 13.8 Å². The van der Waals surface area contributed by atoms with E-state index in [2.05, 4.69) is 24.4 Å². The van der Waals surface area contributed by atoms with Crippen LogP contribution in [0.5, 0.6) is 0 Å². The van der Waals surface area contributed by atoms with Gasteiger partial charge < -0.3 is 14.2 Å². The Morgan fingerprint density at radius 1 is 1.05 bits per heavy atom. The van der Waals surface area contributed by atoms with E-state index in [1.807, 2.05) is 0 Å². The fraction of sp³-hybridized carbons (Fsp3) is 0.778. The standard InChI is InChI=1S/C27H40N2O8/c1-5-35-24(32)19-13-21(28-29-23(19)31)18-12-17(18)15-27(3,4)10-7-11-37-26(34)20(25(33)36-6-2)14-22(30)16-8-9-16/h16-20H,5-15H2,1-4H3,(H,29,31). The predicted molar refractivity (Wildman–Crippen MR) is 133 cm³/mol. The molecule has 37 heavy (non-hydrogen) atoms. The lowest BCUT2D eigenvalue weighted by Gasteiger charge is -2.25. The fourth-order valence-electron chi connectivity index (χ4n) is 5.02. The van der Waals surface area contributed by atoms with Crippen LogP contribution in [0.4, 0.5) is 0 Å². The van der Waals surface area contributed by atoms with E-state index in [4.69, 9.17) is 14.2 Å². The van der Waals surface area contributed by atoms with Gasteiger partial charge >= 0.3 is 17.9 Å². The maximum Gasteiger partial charge on any atom is 0.320 e. The van der Waals surface area contributed by atoms with Crippen molar-refractivity contribution in [3.05, 3.63) is 0 Å². The van der Waals surface area contributed by atoms with Crippen LogP contribution in [0.15, 0.2) is 5.10 Å². The van der Waals surface area contributed by atoms with Crippen molar-refractivity contribution < 1.29 is 38.2 Å². The maximum absolute atomic E-state index is 12.6. The average Bonchev–Trinajstić information content (AvgIpc) is 3.76. The van der Waals surface area contributed by atoms with E-state index >= 15 is 0 Å². The third kappa shape index (κ3) is 8.36. The van der Waals surface area contributed by atoms with Crippen molar-refractivity contribution in [1.82, 2.24) is 5.43 Å². The number of nitrogens with zero attached hydrogens (tertiary/aromatic N) is 1. The third-order valence-electron chi connectivity index (χ3n) is 7.31. The summed E-state index contributed by atoms with van der Waals surface area (Å²) in [5.41, 5.74) is 3.30. The molecule has 2 saturated carbocycles. The highest BCUT2D eigenvalue weighted by Gasteiger charge is 2.46. The summed E-state index contributed by atoms with van der Waals surface area (Å²) < 4.78 is 15.4. The van der Waals surface area contributed by atoms with Crippen molar-refractivity contribution in [3.63, 3.8) is 0 Å². The average molecular weight is 521 g/mol.